The molecule has 1 aromatic carbocycles. The van der Waals surface area contributed by atoms with Crippen molar-refractivity contribution in [3.8, 4) is 0 Å². The van der Waals surface area contributed by atoms with E-state index in [2.05, 4.69) is 10.6 Å². The number of amides is 2. The number of aliphatic carboxylic acids is 1. The summed E-state index contributed by atoms with van der Waals surface area (Å²) < 4.78 is 0. The first-order valence-corrected chi connectivity index (χ1v) is 7.16. The highest BCUT2D eigenvalue weighted by Crippen LogP contribution is 2.21. The van der Waals surface area contributed by atoms with Crippen LogP contribution >= 0.6 is 0 Å². The average molecular weight is 292 g/mol. The lowest BCUT2D eigenvalue weighted by Crippen LogP contribution is -2.57. The number of nitrogens with one attached hydrogen (secondary N) is 2. The smallest absolute Gasteiger partial charge is 0.333 e. The number of carboxylic acids is 1. The Hall–Kier alpha value is -2.04. The number of rotatable bonds is 6. The molecule has 21 heavy (non-hydrogen) atoms. The van der Waals surface area contributed by atoms with Gasteiger partial charge in [0.25, 0.3) is 0 Å². The van der Waals surface area contributed by atoms with Crippen molar-refractivity contribution in [3.63, 3.8) is 0 Å². The van der Waals surface area contributed by atoms with Crippen LogP contribution < -0.4 is 10.6 Å². The van der Waals surface area contributed by atoms with E-state index in [0.717, 1.165) is 12.8 Å². The number of hydrogen-bond acceptors (Lipinski definition) is 2. The normalized spacial score (nSPS) is 14.1. The topological polar surface area (TPSA) is 78.4 Å². The molecule has 2 amide bonds. The fraction of sp³-hybridized carbons (Fsp3) is 0.500. The molecule has 3 N–H and O–H groups in total. The van der Waals surface area contributed by atoms with Gasteiger partial charge < -0.3 is 15.7 Å². The van der Waals surface area contributed by atoms with Gasteiger partial charge in [0.2, 0.25) is 0 Å². The van der Waals surface area contributed by atoms with Gasteiger partial charge in [0.1, 0.15) is 0 Å². The van der Waals surface area contributed by atoms with E-state index in [4.69, 9.17) is 0 Å². The molecule has 1 atom stereocenters. The van der Waals surface area contributed by atoms with Gasteiger partial charge in [-0.05, 0) is 32.3 Å². The number of hydrogen-bond donors (Lipinski definition) is 3. The van der Waals surface area contributed by atoms with Crippen LogP contribution in [0.4, 0.5) is 4.79 Å². The number of urea groups is 1. The molecule has 0 heterocycles. The summed E-state index contributed by atoms with van der Waals surface area (Å²) in [5.74, 6) is -1.10. The van der Waals surface area contributed by atoms with E-state index in [1.165, 1.54) is 6.92 Å². The molecule has 0 aliphatic carbocycles. The van der Waals surface area contributed by atoms with Gasteiger partial charge in [0.15, 0.2) is 5.54 Å². The van der Waals surface area contributed by atoms with Crippen molar-refractivity contribution in [1.29, 1.82) is 0 Å². The second kappa shape index (κ2) is 6.61. The van der Waals surface area contributed by atoms with E-state index in [0.29, 0.717) is 5.56 Å². The summed E-state index contributed by atoms with van der Waals surface area (Å²) in [4.78, 5) is 23.8. The molecular formula is C16H24N2O3. The second-order valence-corrected chi connectivity index (χ2v) is 5.64. The van der Waals surface area contributed by atoms with Gasteiger partial charge >= 0.3 is 12.0 Å². The van der Waals surface area contributed by atoms with Crippen molar-refractivity contribution >= 4 is 12.0 Å². The van der Waals surface area contributed by atoms with Crippen LogP contribution in [0.3, 0.4) is 0 Å². The summed E-state index contributed by atoms with van der Waals surface area (Å²) in [5.41, 5.74) is -1.28. The van der Waals surface area contributed by atoms with Crippen LogP contribution in [0.15, 0.2) is 30.3 Å². The van der Waals surface area contributed by atoms with Crippen LogP contribution in [0.25, 0.3) is 0 Å². The summed E-state index contributed by atoms with van der Waals surface area (Å²) in [5, 5.41) is 14.9. The predicted molar refractivity (Wildman–Crippen MR) is 82.1 cm³/mol. The zero-order valence-corrected chi connectivity index (χ0v) is 13.1. The van der Waals surface area contributed by atoms with Crippen LogP contribution in [0.1, 0.15) is 46.1 Å². The summed E-state index contributed by atoms with van der Waals surface area (Å²) in [7, 11) is 0. The number of carboxylic acid groups (broad SMARTS) is 1. The number of carbonyl (C=O) groups is 2. The van der Waals surface area contributed by atoms with E-state index >= 15 is 0 Å². The molecule has 1 aromatic rings. The monoisotopic (exact) mass is 292 g/mol. The molecule has 0 aliphatic rings. The summed E-state index contributed by atoms with van der Waals surface area (Å²) in [6.07, 6.45) is 1.54. The Bertz CT molecular complexity index is 498. The molecule has 5 nitrogen and oxygen atoms in total. The summed E-state index contributed by atoms with van der Waals surface area (Å²) >= 11 is 0. The lowest BCUT2D eigenvalue weighted by Gasteiger charge is -2.32. The Morgan fingerprint density at radius 2 is 1.57 bits per heavy atom. The Labute approximate surface area is 125 Å². The van der Waals surface area contributed by atoms with E-state index in [9.17, 15) is 14.7 Å². The van der Waals surface area contributed by atoms with Crippen LogP contribution in [-0.2, 0) is 10.3 Å². The molecule has 0 saturated carbocycles. The first-order valence-electron chi connectivity index (χ1n) is 7.16. The molecule has 1 rings (SSSR count). The van der Waals surface area contributed by atoms with Gasteiger partial charge in [-0.25, -0.2) is 9.59 Å². The molecule has 0 aromatic heterocycles. The van der Waals surface area contributed by atoms with Crippen LogP contribution in [0, 0.1) is 0 Å². The Morgan fingerprint density at radius 1 is 1.05 bits per heavy atom. The van der Waals surface area contributed by atoms with Gasteiger partial charge in [0.05, 0.1) is 0 Å². The standard InChI is InChI=1S/C16H24N2O3/c1-5-15(3,6-2)17-14(21)18-16(4,13(19)20)12-10-8-7-9-11-12/h7-11H,5-6H2,1-4H3,(H,19,20)(H2,17,18,21). The lowest BCUT2D eigenvalue weighted by molar-refractivity contribution is -0.144. The molecule has 0 aliphatic heterocycles. The van der Waals surface area contributed by atoms with Crippen LogP contribution in [-0.4, -0.2) is 22.6 Å². The minimum Gasteiger partial charge on any atom is -0.479 e. The molecule has 0 bridgehead atoms. The molecule has 0 saturated heterocycles. The fourth-order valence-electron chi connectivity index (χ4n) is 1.98. The van der Waals surface area contributed by atoms with E-state index < -0.39 is 17.5 Å². The van der Waals surface area contributed by atoms with E-state index in [-0.39, 0.29) is 5.54 Å². The van der Waals surface area contributed by atoms with Gasteiger partial charge in [-0.1, -0.05) is 44.2 Å². The van der Waals surface area contributed by atoms with Crippen LogP contribution in [0.2, 0.25) is 0 Å². The molecule has 116 valence electrons. The highest BCUT2D eigenvalue weighted by atomic mass is 16.4. The van der Waals surface area contributed by atoms with Crippen molar-refractivity contribution in [2.24, 2.45) is 0 Å². The molecule has 5 heteroatoms. The molecule has 0 radical (unpaired) electrons. The number of benzene rings is 1. The van der Waals surface area contributed by atoms with E-state index in [1.54, 1.807) is 30.3 Å². The highest BCUT2D eigenvalue weighted by molar-refractivity contribution is 5.87. The minimum absolute atomic E-state index is 0.347. The SMILES string of the molecule is CCC(C)(CC)NC(=O)NC(C)(C(=O)O)c1ccccc1. The maximum absolute atomic E-state index is 12.2. The zero-order valence-electron chi connectivity index (χ0n) is 13.1. The van der Waals surface area contributed by atoms with Crippen molar-refractivity contribution in [3.05, 3.63) is 35.9 Å². The van der Waals surface area contributed by atoms with Gasteiger partial charge in [0, 0.05) is 5.54 Å². The molecule has 0 spiro atoms. The fourth-order valence-corrected chi connectivity index (χ4v) is 1.98. The van der Waals surface area contributed by atoms with Crippen molar-refractivity contribution in [2.75, 3.05) is 0 Å². The molecular weight excluding hydrogens is 268 g/mol. The lowest BCUT2D eigenvalue weighted by atomic mass is 9.92. The quantitative estimate of drug-likeness (QED) is 0.754. The first kappa shape index (κ1) is 17.0. The van der Waals surface area contributed by atoms with E-state index in [1.807, 2.05) is 20.8 Å². The average Bonchev–Trinajstić information content (AvgIpc) is 2.47. The predicted octanol–water partition coefficient (Wildman–Crippen LogP) is 2.86. The minimum atomic E-state index is -1.46. The zero-order chi connectivity index (χ0) is 16.1. The van der Waals surface area contributed by atoms with Crippen molar-refractivity contribution < 1.29 is 14.7 Å². The second-order valence-electron chi connectivity index (χ2n) is 5.64. The third kappa shape index (κ3) is 3.97. The first-order chi connectivity index (χ1) is 9.77. The summed E-state index contributed by atoms with van der Waals surface area (Å²) in [6.45, 7) is 7.39. The van der Waals surface area contributed by atoms with Crippen molar-refractivity contribution in [2.45, 2.75) is 51.6 Å². The Morgan fingerprint density at radius 3 is 2.00 bits per heavy atom. The number of carbonyl (C=O) groups excluding carboxylic acids is 1. The third-order valence-corrected chi connectivity index (χ3v) is 4.12. The van der Waals surface area contributed by atoms with Gasteiger partial charge in [-0.15, -0.1) is 0 Å². The largest absolute Gasteiger partial charge is 0.479 e. The maximum atomic E-state index is 12.2. The Balaban J connectivity index is 2.95. The van der Waals surface area contributed by atoms with Crippen molar-refractivity contribution in [1.82, 2.24) is 10.6 Å². The molecule has 0 fully saturated rings. The van der Waals surface area contributed by atoms with Gasteiger partial charge in [-0.2, -0.15) is 0 Å². The maximum Gasteiger partial charge on any atom is 0.333 e. The Kier molecular flexibility index (Phi) is 5.35. The molecule has 1 unspecified atom stereocenters. The summed E-state index contributed by atoms with van der Waals surface area (Å²) in [6, 6.07) is 8.20. The van der Waals surface area contributed by atoms with Crippen LogP contribution in [0.5, 0.6) is 0 Å². The highest BCUT2D eigenvalue weighted by Gasteiger charge is 2.37. The van der Waals surface area contributed by atoms with Gasteiger partial charge in [-0.3, -0.25) is 0 Å². The third-order valence-electron chi connectivity index (χ3n) is 4.12.